The summed E-state index contributed by atoms with van der Waals surface area (Å²) in [5, 5.41) is 1.26. The number of aromatic nitrogens is 1. The molecule has 4 heteroatoms. The second-order valence-electron chi connectivity index (χ2n) is 2.96. The summed E-state index contributed by atoms with van der Waals surface area (Å²) in [6.07, 6.45) is 0. The summed E-state index contributed by atoms with van der Waals surface area (Å²) >= 11 is 5.67. The Morgan fingerprint density at radius 2 is 2.14 bits per heavy atom. The second-order valence-corrected chi connectivity index (χ2v) is 3.37. The van der Waals surface area contributed by atoms with Crippen molar-refractivity contribution >= 4 is 22.4 Å². The minimum atomic E-state index is -0.600. The number of rotatable bonds is 1. The van der Waals surface area contributed by atoms with Gasteiger partial charge in [-0.1, -0.05) is 23.7 Å². The van der Waals surface area contributed by atoms with E-state index in [0.717, 1.165) is 0 Å². The molecule has 0 aliphatic heterocycles. The molecule has 0 saturated carbocycles. The van der Waals surface area contributed by atoms with Crippen molar-refractivity contribution in [3.63, 3.8) is 0 Å². The van der Waals surface area contributed by atoms with Crippen LogP contribution in [0.5, 0.6) is 0 Å². The predicted octanol–water partition coefficient (Wildman–Crippen LogP) is 2.65. The maximum absolute atomic E-state index is 12.6. The summed E-state index contributed by atoms with van der Waals surface area (Å²) in [6.45, 7) is -0.600. The molecule has 0 radical (unpaired) electrons. The molecule has 0 fully saturated rings. The molecule has 0 saturated heterocycles. The number of hydrogen-bond acceptors (Lipinski definition) is 1. The fraction of sp³-hybridized carbons (Fsp3) is 0.100. The normalized spacial score (nSPS) is 10.7. The second kappa shape index (κ2) is 3.42. The Kier molecular flexibility index (Phi) is 2.25. The average Bonchev–Trinajstić information content (AvgIpc) is 2.17. The highest BCUT2D eigenvalue weighted by molar-refractivity contribution is 6.30. The van der Waals surface area contributed by atoms with E-state index in [1.165, 1.54) is 0 Å². The Morgan fingerprint density at radius 3 is 2.86 bits per heavy atom. The van der Waals surface area contributed by atoms with E-state index in [4.69, 9.17) is 11.6 Å². The average molecular weight is 212 g/mol. The van der Waals surface area contributed by atoms with Gasteiger partial charge in [0.05, 0.1) is 0 Å². The van der Waals surface area contributed by atoms with E-state index in [2.05, 4.69) is 4.98 Å². The zero-order valence-corrected chi connectivity index (χ0v) is 7.94. The quantitative estimate of drug-likeness (QED) is 0.723. The topological polar surface area (TPSA) is 32.9 Å². The molecule has 1 aromatic carbocycles. The Balaban J connectivity index is 2.94. The monoisotopic (exact) mass is 211 g/mol. The smallest absolute Gasteiger partial charge is 0.256 e. The molecular weight excluding hydrogens is 205 g/mol. The van der Waals surface area contributed by atoms with Crippen molar-refractivity contribution in [3.05, 3.63) is 45.3 Å². The van der Waals surface area contributed by atoms with Gasteiger partial charge in [-0.2, -0.15) is 0 Å². The van der Waals surface area contributed by atoms with Gasteiger partial charge in [0.25, 0.3) is 5.56 Å². The molecule has 2 rings (SSSR count). The zero-order valence-electron chi connectivity index (χ0n) is 7.18. The van der Waals surface area contributed by atoms with Gasteiger partial charge in [0.2, 0.25) is 0 Å². The maximum atomic E-state index is 12.6. The number of H-pyrrole nitrogens is 1. The fourth-order valence-corrected chi connectivity index (χ4v) is 1.63. The van der Waals surface area contributed by atoms with Crippen molar-refractivity contribution in [1.29, 1.82) is 0 Å². The molecule has 2 nitrogen and oxygen atoms in total. The molecule has 0 spiro atoms. The Hall–Kier alpha value is -1.35. The van der Waals surface area contributed by atoms with Crippen LogP contribution in [0, 0.1) is 0 Å². The Labute approximate surface area is 84.3 Å². The van der Waals surface area contributed by atoms with E-state index < -0.39 is 6.67 Å². The first-order valence-electron chi connectivity index (χ1n) is 4.09. The van der Waals surface area contributed by atoms with Gasteiger partial charge in [-0.3, -0.25) is 4.79 Å². The van der Waals surface area contributed by atoms with E-state index in [0.29, 0.717) is 16.3 Å². The number of hydrogen-bond donors (Lipinski definition) is 1. The van der Waals surface area contributed by atoms with Crippen LogP contribution in [0.3, 0.4) is 0 Å². The summed E-state index contributed by atoms with van der Waals surface area (Å²) in [4.78, 5) is 13.9. The lowest BCUT2D eigenvalue weighted by atomic mass is 10.1. The predicted molar refractivity (Wildman–Crippen MR) is 54.4 cm³/mol. The van der Waals surface area contributed by atoms with E-state index >= 15 is 0 Å². The summed E-state index contributed by atoms with van der Waals surface area (Å²) in [5.41, 5.74) is 0.193. The number of benzene rings is 1. The number of fused-ring (bicyclic) bond motifs is 1. The van der Waals surface area contributed by atoms with Crippen LogP contribution in [-0.2, 0) is 6.67 Å². The fourth-order valence-electron chi connectivity index (χ4n) is 1.44. The van der Waals surface area contributed by atoms with E-state index in [-0.39, 0.29) is 10.7 Å². The highest BCUT2D eigenvalue weighted by Crippen LogP contribution is 2.18. The van der Waals surface area contributed by atoms with Crippen molar-refractivity contribution in [2.24, 2.45) is 0 Å². The number of halogens is 2. The largest absolute Gasteiger partial charge is 0.312 e. The molecule has 1 heterocycles. The van der Waals surface area contributed by atoms with E-state index in [1.807, 2.05) is 0 Å². The molecule has 1 aromatic heterocycles. The molecule has 0 unspecified atom stereocenters. The van der Waals surface area contributed by atoms with Crippen LogP contribution in [0.25, 0.3) is 10.8 Å². The van der Waals surface area contributed by atoms with Crippen LogP contribution in [-0.4, -0.2) is 4.98 Å². The molecule has 72 valence electrons. The minimum Gasteiger partial charge on any atom is -0.312 e. The lowest BCUT2D eigenvalue weighted by Gasteiger charge is -2.02. The molecule has 2 aromatic rings. The van der Waals surface area contributed by atoms with Gasteiger partial charge in [-0.05, 0) is 23.1 Å². The van der Waals surface area contributed by atoms with Gasteiger partial charge < -0.3 is 4.98 Å². The van der Waals surface area contributed by atoms with Gasteiger partial charge in [-0.25, -0.2) is 4.39 Å². The molecule has 0 amide bonds. The third kappa shape index (κ3) is 1.40. The lowest BCUT2D eigenvalue weighted by molar-refractivity contribution is 0.488. The standard InChI is InChI=1S/C10H7ClFNO/c11-9-4-8-6(5-12)2-1-3-7(8)10(14)13-9/h1-4H,5H2,(H,13,14). The van der Waals surface area contributed by atoms with Crippen molar-refractivity contribution in [2.75, 3.05) is 0 Å². The third-order valence-corrected chi connectivity index (χ3v) is 2.29. The molecule has 0 bridgehead atoms. The SMILES string of the molecule is O=c1[nH]c(Cl)cc2c(CF)cccc12. The maximum Gasteiger partial charge on any atom is 0.256 e. The minimum absolute atomic E-state index is 0.225. The first kappa shape index (κ1) is 9.21. The molecular formula is C10H7ClFNO. The molecule has 0 aliphatic rings. The summed E-state index contributed by atoms with van der Waals surface area (Å²) in [7, 11) is 0. The summed E-state index contributed by atoms with van der Waals surface area (Å²) in [5.74, 6) is 0. The van der Waals surface area contributed by atoms with Crippen molar-refractivity contribution in [3.8, 4) is 0 Å². The lowest BCUT2D eigenvalue weighted by Crippen LogP contribution is -2.06. The van der Waals surface area contributed by atoms with Crippen molar-refractivity contribution < 1.29 is 4.39 Å². The van der Waals surface area contributed by atoms with E-state index in [9.17, 15) is 9.18 Å². The van der Waals surface area contributed by atoms with Gasteiger partial charge in [-0.15, -0.1) is 0 Å². The van der Waals surface area contributed by atoms with Gasteiger partial charge in [0.1, 0.15) is 11.8 Å². The number of pyridine rings is 1. The van der Waals surface area contributed by atoms with Crippen molar-refractivity contribution in [1.82, 2.24) is 4.98 Å². The van der Waals surface area contributed by atoms with E-state index in [1.54, 1.807) is 24.3 Å². The van der Waals surface area contributed by atoms with Crippen LogP contribution >= 0.6 is 11.6 Å². The molecule has 0 atom stereocenters. The zero-order chi connectivity index (χ0) is 10.1. The van der Waals surface area contributed by atoms with Gasteiger partial charge in [0.15, 0.2) is 0 Å². The van der Waals surface area contributed by atoms with Crippen LogP contribution in [0.1, 0.15) is 5.56 Å². The molecule has 0 aliphatic carbocycles. The van der Waals surface area contributed by atoms with Gasteiger partial charge >= 0.3 is 0 Å². The number of alkyl halides is 1. The summed E-state index contributed by atoms with van der Waals surface area (Å²) in [6, 6.07) is 6.50. The highest BCUT2D eigenvalue weighted by Gasteiger charge is 2.04. The van der Waals surface area contributed by atoms with Crippen LogP contribution in [0.4, 0.5) is 4.39 Å². The number of aromatic amines is 1. The first-order chi connectivity index (χ1) is 6.72. The first-order valence-corrected chi connectivity index (χ1v) is 4.46. The molecule has 14 heavy (non-hydrogen) atoms. The van der Waals surface area contributed by atoms with Crippen LogP contribution in [0.2, 0.25) is 5.15 Å². The van der Waals surface area contributed by atoms with Crippen LogP contribution < -0.4 is 5.56 Å². The van der Waals surface area contributed by atoms with Crippen LogP contribution in [0.15, 0.2) is 29.1 Å². The highest BCUT2D eigenvalue weighted by atomic mass is 35.5. The summed E-state index contributed by atoms with van der Waals surface area (Å²) < 4.78 is 12.6. The third-order valence-electron chi connectivity index (χ3n) is 2.09. The Morgan fingerprint density at radius 1 is 1.36 bits per heavy atom. The molecule has 1 N–H and O–H groups in total. The van der Waals surface area contributed by atoms with Crippen molar-refractivity contribution in [2.45, 2.75) is 6.67 Å². The van der Waals surface area contributed by atoms with Gasteiger partial charge in [0, 0.05) is 5.39 Å². The number of nitrogens with one attached hydrogen (secondary N) is 1. The Bertz CT molecular complexity index is 535.